The second kappa shape index (κ2) is 51.4. The summed E-state index contributed by atoms with van der Waals surface area (Å²) in [5.41, 5.74) is 3.80. The van der Waals surface area contributed by atoms with Crippen LogP contribution in [0, 0.1) is 11.8 Å². The Morgan fingerprint density at radius 2 is 1.01 bits per heavy atom. The van der Waals surface area contributed by atoms with E-state index in [2.05, 4.69) is 26.6 Å². The molecule has 0 radical (unpaired) electrons. The van der Waals surface area contributed by atoms with Crippen LogP contribution in [0.25, 0.3) is 0 Å². The smallest absolute Gasteiger partial charge is 0.306 e. The summed E-state index contributed by atoms with van der Waals surface area (Å²) in [6.45, 7) is 10.7. The van der Waals surface area contributed by atoms with Gasteiger partial charge < -0.3 is 56.0 Å². The number of ketones is 6. The van der Waals surface area contributed by atoms with Gasteiger partial charge in [0.1, 0.15) is 24.8 Å². The van der Waals surface area contributed by atoms with Crippen molar-refractivity contribution in [3.05, 3.63) is 0 Å². The van der Waals surface area contributed by atoms with Crippen LogP contribution in [-0.2, 0) is 66.9 Å². The molecule has 0 aliphatic heterocycles. The average molecular weight is 1230 g/mol. The molecule has 0 aromatic carbocycles. The van der Waals surface area contributed by atoms with Crippen molar-refractivity contribution in [2.75, 3.05) is 92.2 Å². The van der Waals surface area contributed by atoms with Gasteiger partial charge in [-0.15, -0.1) is 0 Å². The van der Waals surface area contributed by atoms with Crippen LogP contribution in [0.1, 0.15) is 215 Å². The molecule has 0 fully saturated rings. The van der Waals surface area contributed by atoms with Gasteiger partial charge in [-0.2, -0.15) is 0 Å². The molecule has 0 aromatic heterocycles. The number of carboxylic acid groups (broad SMARTS) is 2. The summed E-state index contributed by atoms with van der Waals surface area (Å²) in [7, 11) is 0. The van der Waals surface area contributed by atoms with Gasteiger partial charge in [0.25, 0.3) is 0 Å². The molecule has 0 saturated heterocycles. The fourth-order valence-electron chi connectivity index (χ4n) is 9.48. The molecule has 0 spiro atoms. The maximum absolute atomic E-state index is 13.6. The number of amides is 2. The Morgan fingerprint density at radius 1 is 0.500 bits per heavy atom. The molecule has 86 heavy (non-hydrogen) atoms. The lowest BCUT2D eigenvalue weighted by atomic mass is 9.85. The molecule has 0 saturated carbocycles. The molecule has 0 heterocycles. The van der Waals surface area contributed by atoms with E-state index in [0.717, 1.165) is 44.9 Å². The number of aliphatic hydroxyl groups is 1. The number of aliphatic carboxylic acids is 2. The first-order valence-corrected chi connectivity index (χ1v) is 31.9. The first-order chi connectivity index (χ1) is 40.9. The molecule has 0 bridgehead atoms. The minimum absolute atomic E-state index is 0.0173. The number of nitrogens with two attached hydrogens (primary N) is 1. The highest BCUT2D eigenvalue weighted by molar-refractivity contribution is 5.94. The number of carboxylic acids is 2. The Balaban J connectivity index is 4.15. The molecule has 2 amide bonds. The van der Waals surface area contributed by atoms with Crippen molar-refractivity contribution in [2.45, 2.75) is 238 Å². The Labute approximate surface area is 513 Å². The minimum atomic E-state index is -1.08. The Kier molecular flexibility index (Phi) is 48.8. The molecule has 0 aliphatic carbocycles. The second-order valence-corrected chi connectivity index (χ2v) is 24.0. The highest BCUT2D eigenvalue weighted by Gasteiger charge is 2.36. The predicted octanol–water partition coefficient (Wildman–Crippen LogP) is 5.69. The van der Waals surface area contributed by atoms with Crippen LogP contribution in [0.2, 0.25) is 0 Å². The van der Waals surface area contributed by atoms with Gasteiger partial charge in [0.2, 0.25) is 11.8 Å². The molecular formula is C63H114N6O17. The lowest BCUT2D eigenvalue weighted by Gasteiger charge is -2.33. The second-order valence-electron chi connectivity index (χ2n) is 24.0. The first kappa shape index (κ1) is 81.5. The van der Waals surface area contributed by atoms with E-state index in [1.165, 1.54) is 64.7 Å². The standard InChI is InChI=1S/C63H114N6O17/c1-48(2)41-63(6,69-44-56(75)62(4,5)64)57(76)43-68-53(55(74)42-67-54(45-70)49(3)71)28-23-24-32-65-59(78)47-86-39-36-83-34-25-27-52(73)46-85-38-37-84-35-33-66-58(77)31-30-50(61(81)82)40-51(72)26-21-19-17-15-13-11-9-7-8-10-12-14-16-18-20-22-29-60(79)80/h48,50,53-54,67-70H,7-47,64H2,1-6H3,(H,65,78)(H,66,77)(H,79,80)(H,81,82)/t50-,53+,54+,63+/m1/s1. The summed E-state index contributed by atoms with van der Waals surface area (Å²) in [6, 6.07) is -1.69. The van der Waals surface area contributed by atoms with Crippen LogP contribution >= 0.6 is 0 Å². The van der Waals surface area contributed by atoms with Gasteiger partial charge in [0.15, 0.2) is 23.1 Å². The van der Waals surface area contributed by atoms with Gasteiger partial charge in [-0.25, -0.2) is 0 Å². The van der Waals surface area contributed by atoms with E-state index in [9.17, 15) is 58.2 Å². The number of aliphatic hydroxyl groups excluding tert-OH is 1. The number of Topliss-reactive ketones (excluding diaryl/α,β-unsaturated/α-hetero) is 6. The van der Waals surface area contributed by atoms with Crippen LogP contribution in [0.15, 0.2) is 0 Å². The van der Waals surface area contributed by atoms with Crippen LogP contribution in [0.3, 0.4) is 0 Å². The molecule has 0 rings (SSSR count). The largest absolute Gasteiger partial charge is 0.481 e. The van der Waals surface area contributed by atoms with Crippen LogP contribution in [0.4, 0.5) is 0 Å². The number of hydrogen-bond donors (Lipinski definition) is 9. The monoisotopic (exact) mass is 1230 g/mol. The number of hydrogen-bond acceptors (Lipinski definition) is 19. The van der Waals surface area contributed by atoms with Crippen LogP contribution in [0.5, 0.6) is 0 Å². The molecule has 10 N–H and O–H groups in total. The zero-order chi connectivity index (χ0) is 64.4. The lowest BCUT2D eigenvalue weighted by Crippen LogP contribution is -2.58. The predicted molar refractivity (Wildman–Crippen MR) is 329 cm³/mol. The summed E-state index contributed by atoms with van der Waals surface area (Å²) in [6.07, 6.45) is 21.0. The summed E-state index contributed by atoms with van der Waals surface area (Å²) in [4.78, 5) is 123. The third-order valence-electron chi connectivity index (χ3n) is 14.8. The van der Waals surface area contributed by atoms with E-state index in [-0.39, 0.29) is 157 Å². The van der Waals surface area contributed by atoms with Crippen molar-refractivity contribution >= 4 is 58.5 Å². The van der Waals surface area contributed by atoms with Crippen molar-refractivity contribution in [1.29, 1.82) is 0 Å². The number of unbranched alkanes of at least 4 members (excludes halogenated alkanes) is 16. The van der Waals surface area contributed by atoms with E-state index in [0.29, 0.717) is 51.7 Å². The van der Waals surface area contributed by atoms with E-state index in [1.807, 2.05) is 13.8 Å². The Bertz CT molecular complexity index is 1930. The molecule has 0 aliphatic rings. The van der Waals surface area contributed by atoms with Gasteiger partial charge in [0, 0.05) is 51.8 Å². The highest BCUT2D eigenvalue weighted by Crippen LogP contribution is 2.20. The average Bonchev–Trinajstić information content (AvgIpc) is 3.02. The molecule has 0 unspecified atom stereocenters. The van der Waals surface area contributed by atoms with Crippen molar-refractivity contribution in [2.24, 2.45) is 17.6 Å². The topological polar surface area (TPSA) is 354 Å². The van der Waals surface area contributed by atoms with Crippen LogP contribution in [-0.4, -0.2) is 189 Å². The Hall–Kier alpha value is -4.46. The van der Waals surface area contributed by atoms with Gasteiger partial charge in [-0.1, -0.05) is 104 Å². The van der Waals surface area contributed by atoms with E-state index in [1.54, 1.807) is 20.8 Å². The summed E-state index contributed by atoms with van der Waals surface area (Å²) in [5.74, 6) is -4.59. The van der Waals surface area contributed by atoms with Crippen molar-refractivity contribution < 1.29 is 82.2 Å². The summed E-state index contributed by atoms with van der Waals surface area (Å²) in [5, 5.41) is 42.3. The van der Waals surface area contributed by atoms with Gasteiger partial charge >= 0.3 is 11.9 Å². The molecule has 4 atom stereocenters. The van der Waals surface area contributed by atoms with Gasteiger partial charge in [-0.3, -0.25) is 58.6 Å². The van der Waals surface area contributed by atoms with Crippen molar-refractivity contribution in [3.8, 4) is 0 Å². The number of rotatable bonds is 63. The van der Waals surface area contributed by atoms with E-state index < -0.39 is 47.6 Å². The highest BCUT2D eigenvalue weighted by atomic mass is 16.5. The fourth-order valence-corrected chi connectivity index (χ4v) is 9.48. The van der Waals surface area contributed by atoms with Crippen molar-refractivity contribution in [3.63, 3.8) is 0 Å². The molecular weight excluding hydrogens is 1110 g/mol. The molecule has 498 valence electrons. The summed E-state index contributed by atoms with van der Waals surface area (Å²) >= 11 is 0. The molecule has 23 heteroatoms. The number of ether oxygens (including phenoxy) is 4. The third-order valence-corrected chi connectivity index (χ3v) is 14.8. The maximum atomic E-state index is 13.6. The maximum Gasteiger partial charge on any atom is 0.306 e. The molecule has 0 aromatic rings. The zero-order valence-electron chi connectivity index (χ0n) is 53.4. The van der Waals surface area contributed by atoms with E-state index in [4.69, 9.17) is 29.8 Å². The zero-order valence-corrected chi connectivity index (χ0v) is 53.4. The summed E-state index contributed by atoms with van der Waals surface area (Å²) < 4.78 is 21.8. The quantitative estimate of drug-likeness (QED) is 0.0330. The third kappa shape index (κ3) is 46.7. The SMILES string of the molecule is CC(=O)[C@H](CO)NCC(=O)[C@H](CCCCNC(=O)COCCOCCCC(=O)COCCOCCNC(=O)CC[C@H](CC(=O)CCCCCCCCCCCCCCCCCCC(=O)O)C(=O)O)NCC(=O)[C@](C)(CC(C)C)NCC(=O)C(C)(C)N. The lowest BCUT2D eigenvalue weighted by molar-refractivity contribution is -0.144. The van der Waals surface area contributed by atoms with Crippen molar-refractivity contribution in [1.82, 2.24) is 26.6 Å². The number of carbonyl (C=O) groups excluding carboxylic acids is 8. The fraction of sp³-hybridized carbons (Fsp3) is 0.841. The minimum Gasteiger partial charge on any atom is -0.481 e. The normalized spacial score (nSPS) is 13.4. The van der Waals surface area contributed by atoms with Gasteiger partial charge in [0.05, 0.1) is 88.4 Å². The molecule has 23 nitrogen and oxygen atoms in total. The van der Waals surface area contributed by atoms with Gasteiger partial charge in [-0.05, 0) is 85.0 Å². The van der Waals surface area contributed by atoms with Crippen LogP contribution < -0.4 is 32.3 Å². The van der Waals surface area contributed by atoms with E-state index >= 15 is 0 Å². The first-order valence-electron chi connectivity index (χ1n) is 31.9. The number of carbonyl (C=O) groups is 10. The number of nitrogens with one attached hydrogen (secondary N) is 5. The Morgan fingerprint density at radius 3 is 1.55 bits per heavy atom.